The Bertz CT molecular complexity index is 530. The van der Waals surface area contributed by atoms with Crippen LogP contribution in [0.15, 0.2) is 78.5 Å². The molecule has 90 valence electrons. The molecule has 0 unspecified atom stereocenters. The highest BCUT2D eigenvalue weighted by molar-refractivity contribution is 6.32. The summed E-state index contributed by atoms with van der Waals surface area (Å²) in [5, 5.41) is 0. The lowest BCUT2D eigenvalue weighted by atomic mass is 9.94. The number of hydrogen-bond donors (Lipinski definition) is 0. The van der Waals surface area contributed by atoms with Gasteiger partial charge in [-0.2, -0.15) is 0 Å². The van der Waals surface area contributed by atoms with Crippen LogP contribution in [-0.4, -0.2) is 5.71 Å². The van der Waals surface area contributed by atoms with Gasteiger partial charge in [0.1, 0.15) is 0 Å². The topological polar surface area (TPSA) is 12.4 Å². The summed E-state index contributed by atoms with van der Waals surface area (Å²) < 4.78 is 0. The van der Waals surface area contributed by atoms with E-state index < -0.39 is 0 Å². The van der Waals surface area contributed by atoms with Crippen LogP contribution >= 0.6 is 0 Å². The fraction of sp³-hybridized carbons (Fsp3) is 0.118. The first-order chi connectivity index (χ1) is 8.83. The van der Waals surface area contributed by atoms with Gasteiger partial charge in [0, 0.05) is 11.8 Å². The highest BCUT2D eigenvalue weighted by atomic mass is 14.7. The Kier molecular flexibility index (Phi) is 4.08. The zero-order valence-corrected chi connectivity index (χ0v) is 10.5. The molecule has 0 atom stereocenters. The van der Waals surface area contributed by atoms with Crippen LogP contribution in [0.4, 0.5) is 0 Å². The molecule has 2 rings (SSSR count). The van der Waals surface area contributed by atoms with Gasteiger partial charge in [0.15, 0.2) is 0 Å². The fourth-order valence-corrected chi connectivity index (χ4v) is 1.98. The van der Waals surface area contributed by atoms with Gasteiger partial charge in [-0.05, 0) is 24.0 Å². The Morgan fingerprint density at radius 2 is 1.94 bits per heavy atom. The first-order valence-corrected chi connectivity index (χ1v) is 6.13. The number of benzene rings is 1. The van der Waals surface area contributed by atoms with E-state index in [0.29, 0.717) is 0 Å². The zero-order valence-electron chi connectivity index (χ0n) is 10.5. The lowest BCUT2D eigenvalue weighted by Gasteiger charge is -2.13. The van der Waals surface area contributed by atoms with E-state index >= 15 is 0 Å². The zero-order chi connectivity index (χ0) is 12.8. The van der Waals surface area contributed by atoms with Gasteiger partial charge in [-0.15, -0.1) is 0 Å². The average molecular weight is 235 g/mol. The normalized spacial score (nSPS) is 15.1. The summed E-state index contributed by atoms with van der Waals surface area (Å²) in [6.07, 6.45) is 10.2. The minimum atomic E-state index is 0.909. The van der Waals surface area contributed by atoms with Gasteiger partial charge in [0.05, 0.1) is 5.71 Å². The minimum Gasteiger partial charge on any atom is -0.256 e. The lowest BCUT2D eigenvalue weighted by molar-refractivity contribution is 1.03. The average Bonchev–Trinajstić information content (AvgIpc) is 2.46. The quantitative estimate of drug-likeness (QED) is 0.678. The molecule has 1 aromatic rings. The fourth-order valence-electron chi connectivity index (χ4n) is 1.98. The molecule has 0 N–H and O–H groups in total. The van der Waals surface area contributed by atoms with Gasteiger partial charge >= 0.3 is 0 Å². The number of aliphatic imine (C=N–C) groups is 1. The van der Waals surface area contributed by atoms with Crippen molar-refractivity contribution in [3.8, 4) is 0 Å². The summed E-state index contributed by atoms with van der Waals surface area (Å²) in [5.74, 6) is 0. The molecule has 0 radical (unpaired) electrons. The van der Waals surface area contributed by atoms with Gasteiger partial charge in [-0.3, -0.25) is 4.99 Å². The molecule has 1 aromatic carbocycles. The van der Waals surface area contributed by atoms with Crippen molar-refractivity contribution in [3.63, 3.8) is 0 Å². The van der Waals surface area contributed by atoms with Crippen LogP contribution in [0.5, 0.6) is 0 Å². The molecule has 0 aromatic heterocycles. The van der Waals surface area contributed by atoms with Crippen molar-refractivity contribution >= 4 is 11.3 Å². The van der Waals surface area contributed by atoms with Crippen molar-refractivity contribution in [1.29, 1.82) is 0 Å². The Labute approximate surface area is 109 Å². The van der Waals surface area contributed by atoms with E-state index in [1.807, 2.05) is 30.3 Å². The maximum absolute atomic E-state index is 4.39. The smallest absolute Gasteiger partial charge is 0.0770 e. The molecule has 1 aliphatic rings. The molecule has 0 bridgehead atoms. The van der Waals surface area contributed by atoms with Crippen LogP contribution < -0.4 is 0 Å². The number of allylic oxidation sites excluding steroid dienone is 5. The molecule has 1 aliphatic carbocycles. The van der Waals surface area contributed by atoms with E-state index in [1.165, 1.54) is 0 Å². The molecule has 18 heavy (non-hydrogen) atoms. The maximum atomic E-state index is 4.39. The molecular weight excluding hydrogens is 218 g/mol. The highest BCUT2D eigenvalue weighted by Gasteiger charge is 2.11. The van der Waals surface area contributed by atoms with Crippen molar-refractivity contribution < 1.29 is 0 Å². The van der Waals surface area contributed by atoms with Gasteiger partial charge < -0.3 is 0 Å². The molecule has 1 nitrogen and oxygen atoms in total. The standard InChI is InChI=1S/C17H17N/c1-3-18-17(16-12-8-5-9-13-16)14(2)15-10-6-4-7-11-15/h3-4,6-8,10-13H,1-2,5,9H2/b18-17+. The lowest BCUT2D eigenvalue weighted by Crippen LogP contribution is -2.05. The van der Waals surface area contributed by atoms with Crippen LogP contribution in [-0.2, 0) is 0 Å². The van der Waals surface area contributed by atoms with Crippen LogP contribution in [0.2, 0.25) is 0 Å². The summed E-state index contributed by atoms with van der Waals surface area (Å²) in [5.41, 5.74) is 4.08. The third-order valence-electron chi connectivity index (χ3n) is 2.90. The number of nitrogens with zero attached hydrogens (tertiary/aromatic N) is 1. The van der Waals surface area contributed by atoms with E-state index in [0.717, 1.165) is 35.3 Å². The van der Waals surface area contributed by atoms with Crippen LogP contribution in [0.25, 0.3) is 5.57 Å². The van der Waals surface area contributed by atoms with Crippen molar-refractivity contribution in [2.24, 2.45) is 4.99 Å². The summed E-state index contributed by atoms with van der Waals surface area (Å²) in [7, 11) is 0. The molecule has 0 saturated heterocycles. The van der Waals surface area contributed by atoms with E-state index in [4.69, 9.17) is 0 Å². The van der Waals surface area contributed by atoms with E-state index in [2.05, 4.69) is 36.4 Å². The Morgan fingerprint density at radius 3 is 2.56 bits per heavy atom. The Hall–Kier alpha value is -2.15. The van der Waals surface area contributed by atoms with Crippen molar-refractivity contribution in [2.75, 3.05) is 0 Å². The minimum absolute atomic E-state index is 0.909. The van der Waals surface area contributed by atoms with E-state index in [-0.39, 0.29) is 0 Å². The second kappa shape index (κ2) is 5.97. The van der Waals surface area contributed by atoms with Crippen molar-refractivity contribution in [3.05, 3.63) is 79.1 Å². The third kappa shape index (κ3) is 2.75. The largest absolute Gasteiger partial charge is 0.256 e. The molecule has 0 fully saturated rings. The predicted octanol–water partition coefficient (Wildman–Crippen LogP) is 4.56. The van der Waals surface area contributed by atoms with Crippen molar-refractivity contribution in [1.82, 2.24) is 0 Å². The van der Waals surface area contributed by atoms with Crippen LogP contribution in [0, 0.1) is 0 Å². The van der Waals surface area contributed by atoms with Gasteiger partial charge in [-0.1, -0.05) is 61.7 Å². The molecule has 0 spiro atoms. The van der Waals surface area contributed by atoms with Gasteiger partial charge in [0.2, 0.25) is 0 Å². The molecule has 0 saturated carbocycles. The monoisotopic (exact) mass is 235 g/mol. The highest BCUT2D eigenvalue weighted by Crippen LogP contribution is 2.22. The van der Waals surface area contributed by atoms with E-state index in [9.17, 15) is 0 Å². The first kappa shape index (κ1) is 12.3. The molecule has 0 heterocycles. The van der Waals surface area contributed by atoms with Crippen molar-refractivity contribution in [2.45, 2.75) is 12.8 Å². The molecular formula is C17H17N. The van der Waals surface area contributed by atoms with Crippen LogP contribution in [0.3, 0.4) is 0 Å². The Balaban J connectivity index is 2.35. The summed E-state index contributed by atoms with van der Waals surface area (Å²) >= 11 is 0. The molecule has 0 aliphatic heterocycles. The SMILES string of the molecule is C=C/N=C(\C(=C)c1ccccc1)C1=CCCC=C1. The third-order valence-corrected chi connectivity index (χ3v) is 2.90. The van der Waals surface area contributed by atoms with Gasteiger partial charge in [-0.25, -0.2) is 0 Å². The first-order valence-electron chi connectivity index (χ1n) is 6.13. The number of rotatable bonds is 4. The predicted molar refractivity (Wildman–Crippen MR) is 79.6 cm³/mol. The summed E-state index contributed by atoms with van der Waals surface area (Å²) in [6.45, 7) is 7.86. The number of hydrogen-bond acceptors (Lipinski definition) is 1. The second-order valence-electron chi connectivity index (χ2n) is 4.14. The van der Waals surface area contributed by atoms with Gasteiger partial charge in [0.25, 0.3) is 0 Å². The maximum Gasteiger partial charge on any atom is 0.0770 e. The van der Waals surface area contributed by atoms with Crippen LogP contribution in [0.1, 0.15) is 18.4 Å². The molecule has 0 amide bonds. The summed E-state index contributed by atoms with van der Waals surface area (Å²) in [6, 6.07) is 10.1. The summed E-state index contributed by atoms with van der Waals surface area (Å²) in [4.78, 5) is 4.39. The Morgan fingerprint density at radius 1 is 1.17 bits per heavy atom. The molecule has 1 heteroatoms. The van der Waals surface area contributed by atoms with E-state index in [1.54, 1.807) is 6.20 Å². The second-order valence-corrected chi connectivity index (χ2v) is 4.14.